The number of amides is 2. The van der Waals surface area contributed by atoms with Crippen LogP contribution < -0.4 is 20.3 Å². The van der Waals surface area contributed by atoms with Crippen LogP contribution in [0.15, 0.2) is 61.1 Å². The number of hydrogen-bond acceptors (Lipinski definition) is 7. The van der Waals surface area contributed by atoms with E-state index in [-0.39, 0.29) is 12.0 Å². The zero-order chi connectivity index (χ0) is 20.6. The predicted molar refractivity (Wildman–Crippen MR) is 112 cm³/mol. The first-order valence-corrected chi connectivity index (χ1v) is 9.64. The van der Waals surface area contributed by atoms with Gasteiger partial charge in [-0.05, 0) is 24.3 Å². The smallest absolute Gasteiger partial charge is 0.321 e. The SMILES string of the molecule is O=C(NCc1cccnc1N1CCOCC1)Nc1cccc(Oc2ncccn2)c1. The molecule has 1 fully saturated rings. The van der Waals surface area contributed by atoms with Gasteiger partial charge in [0.1, 0.15) is 11.6 Å². The van der Waals surface area contributed by atoms with Gasteiger partial charge in [0.25, 0.3) is 0 Å². The van der Waals surface area contributed by atoms with Crippen LogP contribution in [0.2, 0.25) is 0 Å². The Kier molecular flexibility index (Phi) is 6.31. The number of nitrogens with one attached hydrogen (secondary N) is 2. The Labute approximate surface area is 174 Å². The summed E-state index contributed by atoms with van der Waals surface area (Å²) < 4.78 is 11.0. The van der Waals surface area contributed by atoms with Gasteiger partial charge in [0.05, 0.1) is 13.2 Å². The fraction of sp³-hybridized carbons (Fsp3) is 0.238. The highest BCUT2D eigenvalue weighted by molar-refractivity contribution is 5.89. The van der Waals surface area contributed by atoms with Crippen molar-refractivity contribution in [3.63, 3.8) is 0 Å². The molecule has 2 N–H and O–H groups in total. The highest BCUT2D eigenvalue weighted by atomic mass is 16.5. The largest absolute Gasteiger partial charge is 0.424 e. The molecule has 1 aliphatic heterocycles. The van der Waals surface area contributed by atoms with E-state index in [1.54, 1.807) is 48.9 Å². The number of carbonyl (C=O) groups excluding carboxylic acids is 1. The lowest BCUT2D eigenvalue weighted by atomic mass is 10.2. The molecule has 0 aliphatic carbocycles. The van der Waals surface area contributed by atoms with Gasteiger partial charge in [-0.15, -0.1) is 0 Å². The van der Waals surface area contributed by atoms with Crippen molar-refractivity contribution >= 4 is 17.5 Å². The summed E-state index contributed by atoms with van der Waals surface area (Å²) in [5, 5.41) is 5.70. The second-order valence-corrected chi connectivity index (χ2v) is 6.55. The second kappa shape index (κ2) is 9.66. The lowest BCUT2D eigenvalue weighted by Crippen LogP contribution is -2.38. The standard InChI is InChI=1S/C21H22N6O3/c28-20(25-15-16-4-2-7-22-19(16)27-10-12-29-13-11-27)26-17-5-1-6-18(14-17)30-21-23-8-3-9-24-21/h1-9,14H,10-13,15H2,(H2,25,26,28). The van der Waals surface area contributed by atoms with Gasteiger partial charge >= 0.3 is 12.0 Å². The summed E-state index contributed by atoms with van der Waals surface area (Å²) in [6.07, 6.45) is 4.96. The molecule has 3 heterocycles. The Hall–Kier alpha value is -3.72. The fourth-order valence-electron chi connectivity index (χ4n) is 3.06. The van der Waals surface area contributed by atoms with Crippen molar-refractivity contribution in [3.8, 4) is 11.8 Å². The minimum absolute atomic E-state index is 0.242. The Morgan fingerprint density at radius 2 is 1.83 bits per heavy atom. The van der Waals surface area contributed by atoms with Crippen LogP contribution in [0.5, 0.6) is 11.8 Å². The number of morpholine rings is 1. The maximum absolute atomic E-state index is 12.4. The van der Waals surface area contributed by atoms with Gasteiger partial charge < -0.3 is 25.0 Å². The molecule has 0 saturated carbocycles. The topological polar surface area (TPSA) is 102 Å². The number of urea groups is 1. The number of carbonyl (C=O) groups is 1. The number of ether oxygens (including phenoxy) is 2. The zero-order valence-electron chi connectivity index (χ0n) is 16.3. The molecular formula is C21H22N6O3. The first-order chi connectivity index (χ1) is 14.8. The molecule has 0 radical (unpaired) electrons. The van der Waals surface area contributed by atoms with Gasteiger partial charge in [-0.3, -0.25) is 0 Å². The van der Waals surface area contributed by atoms with Crippen molar-refractivity contribution in [1.29, 1.82) is 0 Å². The van der Waals surface area contributed by atoms with Crippen LogP contribution in [0, 0.1) is 0 Å². The van der Waals surface area contributed by atoms with E-state index in [9.17, 15) is 4.79 Å². The Bertz CT molecular complexity index is 979. The first-order valence-electron chi connectivity index (χ1n) is 9.64. The van der Waals surface area contributed by atoms with E-state index in [4.69, 9.17) is 9.47 Å². The van der Waals surface area contributed by atoms with Gasteiger partial charge in [0.15, 0.2) is 0 Å². The van der Waals surface area contributed by atoms with E-state index in [0.29, 0.717) is 31.2 Å². The van der Waals surface area contributed by atoms with Crippen molar-refractivity contribution < 1.29 is 14.3 Å². The van der Waals surface area contributed by atoms with Crippen LogP contribution in [0.4, 0.5) is 16.3 Å². The molecular weight excluding hydrogens is 384 g/mol. The molecule has 0 atom stereocenters. The van der Waals surface area contributed by atoms with Crippen molar-refractivity contribution in [2.45, 2.75) is 6.54 Å². The maximum Gasteiger partial charge on any atom is 0.321 e. The number of rotatable bonds is 6. The molecule has 2 aromatic heterocycles. The van der Waals surface area contributed by atoms with Crippen LogP contribution >= 0.6 is 0 Å². The second-order valence-electron chi connectivity index (χ2n) is 6.55. The molecule has 4 rings (SSSR count). The van der Waals surface area contributed by atoms with Crippen LogP contribution in [-0.2, 0) is 11.3 Å². The molecule has 9 nitrogen and oxygen atoms in total. The lowest BCUT2D eigenvalue weighted by Gasteiger charge is -2.29. The first kappa shape index (κ1) is 19.6. The summed E-state index contributed by atoms with van der Waals surface area (Å²) in [5.74, 6) is 1.40. The van der Waals surface area contributed by atoms with E-state index in [1.165, 1.54) is 0 Å². The molecule has 30 heavy (non-hydrogen) atoms. The van der Waals surface area contributed by atoms with Crippen LogP contribution in [-0.4, -0.2) is 47.3 Å². The van der Waals surface area contributed by atoms with E-state index in [0.717, 1.165) is 24.5 Å². The maximum atomic E-state index is 12.4. The molecule has 1 aliphatic rings. The molecule has 0 unspecified atom stereocenters. The molecule has 1 saturated heterocycles. The highest BCUT2D eigenvalue weighted by Gasteiger charge is 2.16. The third-order valence-electron chi connectivity index (χ3n) is 4.46. The Morgan fingerprint density at radius 1 is 1.03 bits per heavy atom. The van der Waals surface area contributed by atoms with Crippen molar-refractivity contribution in [2.75, 3.05) is 36.5 Å². The summed E-state index contributed by atoms with van der Waals surface area (Å²) in [5.41, 5.74) is 1.55. The van der Waals surface area contributed by atoms with Crippen molar-refractivity contribution in [1.82, 2.24) is 20.3 Å². The Balaban J connectivity index is 1.35. The summed E-state index contributed by atoms with van der Waals surface area (Å²) in [4.78, 5) is 27.1. The molecule has 3 aromatic rings. The minimum Gasteiger partial charge on any atom is -0.424 e. The Morgan fingerprint density at radius 3 is 2.67 bits per heavy atom. The average molecular weight is 406 g/mol. The molecule has 9 heteroatoms. The van der Waals surface area contributed by atoms with Crippen LogP contribution in [0.25, 0.3) is 0 Å². The molecule has 0 spiro atoms. The van der Waals surface area contributed by atoms with Crippen molar-refractivity contribution in [3.05, 3.63) is 66.6 Å². The van der Waals surface area contributed by atoms with Crippen LogP contribution in [0.1, 0.15) is 5.56 Å². The van der Waals surface area contributed by atoms with E-state index in [2.05, 4.69) is 30.5 Å². The number of aromatic nitrogens is 3. The quantitative estimate of drug-likeness (QED) is 0.649. The summed E-state index contributed by atoms with van der Waals surface area (Å²) in [6, 6.07) is 12.5. The highest BCUT2D eigenvalue weighted by Crippen LogP contribution is 2.21. The zero-order valence-corrected chi connectivity index (χ0v) is 16.3. The molecule has 1 aromatic carbocycles. The van der Waals surface area contributed by atoms with Crippen LogP contribution in [0.3, 0.4) is 0 Å². The third kappa shape index (κ3) is 5.21. The van der Waals surface area contributed by atoms with E-state index in [1.807, 2.05) is 12.1 Å². The number of hydrogen-bond donors (Lipinski definition) is 2. The fourth-order valence-corrected chi connectivity index (χ4v) is 3.06. The predicted octanol–water partition coefficient (Wildman–Crippen LogP) is 2.82. The van der Waals surface area contributed by atoms with Gasteiger partial charge in [-0.2, -0.15) is 0 Å². The monoisotopic (exact) mass is 406 g/mol. The van der Waals surface area contributed by atoms with Gasteiger partial charge in [-0.1, -0.05) is 12.1 Å². The number of anilines is 2. The normalized spacial score (nSPS) is 13.5. The number of benzene rings is 1. The van der Waals surface area contributed by atoms with Gasteiger partial charge in [0, 0.05) is 55.5 Å². The lowest BCUT2D eigenvalue weighted by molar-refractivity contribution is 0.122. The summed E-state index contributed by atoms with van der Waals surface area (Å²) in [6.45, 7) is 3.29. The third-order valence-corrected chi connectivity index (χ3v) is 4.46. The average Bonchev–Trinajstić information content (AvgIpc) is 2.79. The summed E-state index contributed by atoms with van der Waals surface area (Å²) in [7, 11) is 0. The van der Waals surface area contributed by atoms with E-state index < -0.39 is 0 Å². The number of nitrogens with zero attached hydrogens (tertiary/aromatic N) is 4. The van der Waals surface area contributed by atoms with Crippen molar-refractivity contribution in [2.24, 2.45) is 0 Å². The van der Waals surface area contributed by atoms with Gasteiger partial charge in [0.2, 0.25) is 0 Å². The molecule has 2 amide bonds. The van der Waals surface area contributed by atoms with E-state index >= 15 is 0 Å². The molecule has 154 valence electrons. The minimum atomic E-state index is -0.320. The number of pyridine rings is 1. The molecule has 0 bridgehead atoms. The summed E-state index contributed by atoms with van der Waals surface area (Å²) >= 11 is 0. The van der Waals surface area contributed by atoms with Gasteiger partial charge in [-0.25, -0.2) is 19.7 Å².